The molecule has 1 atom stereocenters. The minimum atomic E-state index is 0.664. The molecule has 1 aromatic rings. The van der Waals surface area contributed by atoms with Gasteiger partial charge in [-0.1, -0.05) is 32.5 Å². The monoisotopic (exact) mass is 225 g/mol. The normalized spacial score (nSPS) is 20.2. The maximum absolute atomic E-state index is 4.54. The Morgan fingerprint density at radius 1 is 1.60 bits per heavy atom. The van der Waals surface area contributed by atoms with Gasteiger partial charge >= 0.3 is 0 Å². The Morgan fingerprint density at radius 2 is 2.33 bits per heavy atom. The van der Waals surface area contributed by atoms with Crippen LogP contribution in [-0.2, 0) is 13.5 Å². The van der Waals surface area contributed by atoms with E-state index >= 15 is 0 Å². The van der Waals surface area contributed by atoms with Crippen molar-refractivity contribution in [3.63, 3.8) is 0 Å². The van der Waals surface area contributed by atoms with Crippen molar-refractivity contribution in [1.29, 1.82) is 0 Å². The standard InChI is InChI=1S/C11H19N3S/c1-5-8-10-11(14(4)13-8)15-9(6-12-10)7(2)3/h7,9,12H,5-6H2,1-4H3. The smallest absolute Gasteiger partial charge is 0.117 e. The zero-order chi connectivity index (χ0) is 11.0. The molecule has 15 heavy (non-hydrogen) atoms. The zero-order valence-corrected chi connectivity index (χ0v) is 10.7. The largest absolute Gasteiger partial charge is 0.380 e. The summed E-state index contributed by atoms with van der Waals surface area (Å²) in [4.78, 5) is 0. The van der Waals surface area contributed by atoms with E-state index in [0.717, 1.165) is 13.0 Å². The van der Waals surface area contributed by atoms with Gasteiger partial charge in [-0.25, -0.2) is 0 Å². The molecule has 1 aliphatic heterocycles. The van der Waals surface area contributed by atoms with Gasteiger partial charge in [0.2, 0.25) is 0 Å². The van der Waals surface area contributed by atoms with Crippen molar-refractivity contribution >= 4 is 17.4 Å². The molecule has 4 heteroatoms. The number of nitrogens with one attached hydrogen (secondary N) is 1. The number of rotatable bonds is 2. The number of anilines is 1. The Labute approximate surface area is 95.6 Å². The average molecular weight is 225 g/mol. The fourth-order valence-electron chi connectivity index (χ4n) is 1.88. The summed E-state index contributed by atoms with van der Waals surface area (Å²) >= 11 is 1.97. The number of hydrogen-bond acceptors (Lipinski definition) is 3. The molecule has 0 spiro atoms. The molecule has 1 aliphatic rings. The maximum atomic E-state index is 4.54. The highest BCUT2D eigenvalue weighted by Gasteiger charge is 2.26. The van der Waals surface area contributed by atoms with Gasteiger partial charge in [0.15, 0.2) is 0 Å². The lowest BCUT2D eigenvalue weighted by Crippen LogP contribution is -2.26. The number of hydrogen-bond donors (Lipinski definition) is 1. The Kier molecular flexibility index (Phi) is 2.96. The maximum Gasteiger partial charge on any atom is 0.117 e. The number of aryl methyl sites for hydroxylation is 2. The number of thioether (sulfide) groups is 1. The molecule has 0 saturated heterocycles. The van der Waals surface area contributed by atoms with Crippen LogP contribution in [0.4, 0.5) is 5.69 Å². The first kappa shape index (κ1) is 10.9. The molecule has 0 fully saturated rings. The summed E-state index contributed by atoms with van der Waals surface area (Å²) in [5, 5.41) is 10.0. The number of fused-ring (bicyclic) bond motifs is 1. The summed E-state index contributed by atoms with van der Waals surface area (Å²) in [6.07, 6.45) is 1.00. The molecular weight excluding hydrogens is 206 g/mol. The predicted octanol–water partition coefficient (Wildman–Crippen LogP) is 2.52. The highest BCUT2D eigenvalue weighted by atomic mass is 32.2. The van der Waals surface area contributed by atoms with Crippen molar-refractivity contribution in [1.82, 2.24) is 9.78 Å². The number of nitrogens with zero attached hydrogens (tertiary/aromatic N) is 2. The molecule has 3 nitrogen and oxygen atoms in total. The van der Waals surface area contributed by atoms with E-state index in [1.54, 1.807) is 0 Å². The van der Waals surface area contributed by atoms with Crippen molar-refractivity contribution < 1.29 is 0 Å². The average Bonchev–Trinajstić information content (AvgIpc) is 2.55. The van der Waals surface area contributed by atoms with Crippen LogP contribution >= 0.6 is 11.8 Å². The third kappa shape index (κ3) is 1.87. The summed E-state index contributed by atoms with van der Waals surface area (Å²) in [7, 11) is 2.04. The second-order valence-corrected chi connectivity index (χ2v) is 5.61. The van der Waals surface area contributed by atoms with E-state index in [0.29, 0.717) is 11.2 Å². The molecule has 0 aromatic carbocycles. The lowest BCUT2D eigenvalue weighted by atomic mass is 10.1. The minimum absolute atomic E-state index is 0.664. The third-order valence-corrected chi connectivity index (χ3v) is 4.59. The molecule has 0 bridgehead atoms. The van der Waals surface area contributed by atoms with Gasteiger partial charge in [0, 0.05) is 18.8 Å². The molecule has 2 heterocycles. The van der Waals surface area contributed by atoms with E-state index in [2.05, 4.69) is 31.2 Å². The highest BCUT2D eigenvalue weighted by molar-refractivity contribution is 8.00. The van der Waals surface area contributed by atoms with E-state index < -0.39 is 0 Å². The molecule has 0 radical (unpaired) electrons. The third-order valence-electron chi connectivity index (χ3n) is 2.89. The lowest BCUT2D eigenvalue weighted by Gasteiger charge is -2.26. The van der Waals surface area contributed by atoms with Crippen LogP contribution in [0.1, 0.15) is 26.5 Å². The molecule has 0 amide bonds. The Bertz CT molecular complexity index is 357. The first-order valence-electron chi connectivity index (χ1n) is 5.59. The molecule has 84 valence electrons. The topological polar surface area (TPSA) is 29.9 Å². The summed E-state index contributed by atoms with van der Waals surface area (Å²) < 4.78 is 2.01. The second kappa shape index (κ2) is 4.08. The van der Waals surface area contributed by atoms with Gasteiger partial charge in [-0.3, -0.25) is 4.68 Å². The molecule has 1 aromatic heterocycles. The van der Waals surface area contributed by atoms with Crippen LogP contribution in [0.2, 0.25) is 0 Å². The van der Waals surface area contributed by atoms with Gasteiger partial charge in [-0.05, 0) is 12.3 Å². The van der Waals surface area contributed by atoms with Gasteiger partial charge in [-0.2, -0.15) is 5.10 Å². The first-order chi connectivity index (χ1) is 7.13. The van der Waals surface area contributed by atoms with Crippen molar-refractivity contribution in [2.45, 2.75) is 37.5 Å². The molecule has 0 aliphatic carbocycles. The molecule has 1 N–H and O–H groups in total. The molecule has 0 saturated carbocycles. The summed E-state index contributed by atoms with van der Waals surface area (Å²) in [6, 6.07) is 0. The van der Waals surface area contributed by atoms with Crippen LogP contribution in [-0.4, -0.2) is 21.6 Å². The fraction of sp³-hybridized carbons (Fsp3) is 0.727. The van der Waals surface area contributed by atoms with Crippen LogP contribution in [0.25, 0.3) is 0 Å². The Balaban J connectivity index is 2.30. The second-order valence-electron chi connectivity index (χ2n) is 4.39. The Morgan fingerprint density at radius 3 is 2.93 bits per heavy atom. The first-order valence-corrected chi connectivity index (χ1v) is 6.47. The van der Waals surface area contributed by atoms with Crippen LogP contribution in [0.5, 0.6) is 0 Å². The molecule has 2 rings (SSSR count). The van der Waals surface area contributed by atoms with E-state index in [4.69, 9.17) is 0 Å². The molecular formula is C11H19N3S. The van der Waals surface area contributed by atoms with Crippen LogP contribution in [0.15, 0.2) is 5.03 Å². The number of aromatic nitrogens is 2. The van der Waals surface area contributed by atoms with Gasteiger partial charge in [0.1, 0.15) is 5.03 Å². The van der Waals surface area contributed by atoms with Crippen molar-refractivity contribution in [2.24, 2.45) is 13.0 Å². The van der Waals surface area contributed by atoms with Crippen molar-refractivity contribution in [3.8, 4) is 0 Å². The summed E-state index contributed by atoms with van der Waals surface area (Å²) in [6.45, 7) is 7.78. The minimum Gasteiger partial charge on any atom is -0.380 e. The van der Waals surface area contributed by atoms with E-state index in [1.807, 2.05) is 23.5 Å². The zero-order valence-electron chi connectivity index (χ0n) is 9.87. The van der Waals surface area contributed by atoms with Gasteiger partial charge in [-0.15, -0.1) is 0 Å². The SMILES string of the molecule is CCc1nn(C)c2c1NCC(C(C)C)S2. The van der Waals surface area contributed by atoms with E-state index in [-0.39, 0.29) is 0 Å². The Hall–Kier alpha value is -0.640. The van der Waals surface area contributed by atoms with Crippen molar-refractivity contribution in [2.75, 3.05) is 11.9 Å². The van der Waals surface area contributed by atoms with Crippen LogP contribution in [0, 0.1) is 5.92 Å². The van der Waals surface area contributed by atoms with Gasteiger partial charge in [0.25, 0.3) is 0 Å². The fourth-order valence-corrected chi connectivity index (χ4v) is 3.11. The van der Waals surface area contributed by atoms with Crippen LogP contribution in [0.3, 0.4) is 0 Å². The van der Waals surface area contributed by atoms with Gasteiger partial charge < -0.3 is 5.32 Å². The summed E-state index contributed by atoms with van der Waals surface area (Å²) in [5.74, 6) is 0.704. The quantitative estimate of drug-likeness (QED) is 0.839. The highest BCUT2D eigenvalue weighted by Crippen LogP contribution is 2.39. The van der Waals surface area contributed by atoms with Crippen molar-refractivity contribution in [3.05, 3.63) is 5.69 Å². The van der Waals surface area contributed by atoms with E-state index in [9.17, 15) is 0 Å². The lowest BCUT2D eigenvalue weighted by molar-refractivity contribution is 0.611. The van der Waals surface area contributed by atoms with Gasteiger partial charge in [0.05, 0.1) is 11.4 Å². The molecule has 1 unspecified atom stereocenters. The van der Waals surface area contributed by atoms with E-state index in [1.165, 1.54) is 16.4 Å². The summed E-state index contributed by atoms with van der Waals surface area (Å²) in [5.41, 5.74) is 2.46. The van der Waals surface area contributed by atoms with Crippen LogP contribution < -0.4 is 5.32 Å². The predicted molar refractivity (Wildman–Crippen MR) is 65.6 cm³/mol.